The fourth-order valence-corrected chi connectivity index (χ4v) is 1.63. The minimum Gasteiger partial charge on any atom is -0.469 e. The molecule has 0 saturated heterocycles. The van der Waals surface area contributed by atoms with Crippen molar-refractivity contribution < 1.29 is 9.21 Å². The fourth-order valence-electron chi connectivity index (χ4n) is 1.09. The lowest BCUT2D eigenvalue weighted by molar-refractivity contribution is 0.0952. The van der Waals surface area contributed by atoms with Crippen LogP contribution in [0.5, 0.6) is 0 Å². The first-order valence-corrected chi connectivity index (χ1v) is 6.16. The molecule has 0 atom stereocenters. The Morgan fingerprint density at radius 3 is 2.93 bits per heavy atom. The van der Waals surface area contributed by atoms with Crippen molar-refractivity contribution >= 4 is 28.5 Å². The maximum absolute atomic E-state index is 11.4. The molecule has 1 aromatic rings. The molecule has 0 aromatic carbocycles. The lowest BCUT2D eigenvalue weighted by Gasteiger charge is -2.01. The Morgan fingerprint density at radius 1 is 1.57 bits per heavy atom. The number of carbonyl (C=O) groups is 1. The van der Waals surface area contributed by atoms with E-state index in [2.05, 4.69) is 27.9 Å². The van der Waals surface area contributed by atoms with Gasteiger partial charge in [-0.3, -0.25) is 4.79 Å². The van der Waals surface area contributed by atoms with E-state index < -0.39 is 0 Å². The number of carbonyl (C=O) groups excluding carboxylic acids is 1. The highest BCUT2D eigenvalue weighted by Gasteiger charge is 2.06. The molecule has 0 spiro atoms. The van der Waals surface area contributed by atoms with Gasteiger partial charge in [-0.1, -0.05) is 22.6 Å². The number of rotatable bonds is 5. The minimum absolute atomic E-state index is 0.0460. The van der Waals surface area contributed by atoms with Crippen molar-refractivity contribution in [2.24, 2.45) is 0 Å². The number of unbranched alkanes of at least 4 members (excludes halogenated alkanes) is 1. The minimum atomic E-state index is -0.0460. The van der Waals surface area contributed by atoms with Gasteiger partial charge in [-0.25, -0.2) is 0 Å². The Kier molecular flexibility index (Phi) is 5.00. The predicted molar refractivity (Wildman–Crippen MR) is 63.9 cm³/mol. The molecule has 0 radical (unpaired) electrons. The summed E-state index contributed by atoms with van der Waals surface area (Å²) in [6, 6.07) is 1.74. The van der Waals surface area contributed by atoms with Crippen molar-refractivity contribution in [3.8, 4) is 0 Å². The zero-order valence-corrected chi connectivity index (χ0v) is 10.3. The standard InChI is InChI=1S/C10H14INO2/c1-8-6-9(7-14-8)10(13)12-5-3-2-4-11/h6-7H,2-5H2,1H3,(H,12,13). The molecule has 1 amide bonds. The molecule has 0 aliphatic rings. The van der Waals surface area contributed by atoms with Crippen LogP contribution >= 0.6 is 22.6 Å². The number of aryl methyl sites for hydroxylation is 1. The number of amides is 1. The Hall–Kier alpha value is -0.520. The van der Waals surface area contributed by atoms with Crippen LogP contribution in [0, 0.1) is 6.92 Å². The van der Waals surface area contributed by atoms with Crippen LogP contribution in [0.25, 0.3) is 0 Å². The summed E-state index contributed by atoms with van der Waals surface area (Å²) in [4.78, 5) is 11.4. The number of halogens is 1. The Balaban J connectivity index is 2.29. The van der Waals surface area contributed by atoms with E-state index in [-0.39, 0.29) is 5.91 Å². The molecular weight excluding hydrogens is 293 g/mol. The normalized spacial score (nSPS) is 10.1. The van der Waals surface area contributed by atoms with Gasteiger partial charge in [-0.2, -0.15) is 0 Å². The van der Waals surface area contributed by atoms with E-state index in [0.29, 0.717) is 5.56 Å². The highest BCUT2D eigenvalue weighted by atomic mass is 127. The maximum atomic E-state index is 11.4. The Bertz CT molecular complexity index is 296. The molecule has 3 nitrogen and oxygen atoms in total. The number of nitrogens with one attached hydrogen (secondary N) is 1. The molecule has 0 aliphatic heterocycles. The quantitative estimate of drug-likeness (QED) is 0.516. The van der Waals surface area contributed by atoms with E-state index in [1.54, 1.807) is 6.07 Å². The highest BCUT2D eigenvalue weighted by Crippen LogP contribution is 2.05. The van der Waals surface area contributed by atoms with Crippen molar-refractivity contribution in [3.63, 3.8) is 0 Å². The van der Waals surface area contributed by atoms with Crippen molar-refractivity contribution in [1.29, 1.82) is 0 Å². The van der Waals surface area contributed by atoms with E-state index in [1.807, 2.05) is 6.92 Å². The number of alkyl halides is 1. The van der Waals surface area contributed by atoms with Crippen molar-refractivity contribution in [3.05, 3.63) is 23.7 Å². The first kappa shape index (κ1) is 11.6. The molecule has 0 saturated carbocycles. The third-order valence-electron chi connectivity index (χ3n) is 1.84. The third kappa shape index (κ3) is 3.69. The molecule has 0 unspecified atom stereocenters. The van der Waals surface area contributed by atoms with E-state index >= 15 is 0 Å². The topological polar surface area (TPSA) is 42.2 Å². The van der Waals surface area contributed by atoms with Gasteiger partial charge >= 0.3 is 0 Å². The summed E-state index contributed by atoms with van der Waals surface area (Å²) in [7, 11) is 0. The van der Waals surface area contributed by atoms with Gasteiger partial charge in [0.1, 0.15) is 12.0 Å². The van der Waals surface area contributed by atoms with Gasteiger partial charge in [0.15, 0.2) is 0 Å². The summed E-state index contributed by atoms with van der Waals surface area (Å²) < 4.78 is 6.19. The summed E-state index contributed by atoms with van der Waals surface area (Å²) in [5.74, 6) is 0.720. The first-order chi connectivity index (χ1) is 6.74. The van der Waals surface area contributed by atoms with Crippen LogP contribution in [0.4, 0.5) is 0 Å². The molecule has 14 heavy (non-hydrogen) atoms. The summed E-state index contributed by atoms with van der Waals surface area (Å²) in [5.41, 5.74) is 0.608. The molecular formula is C10H14INO2. The second-order valence-corrected chi connectivity index (χ2v) is 4.18. The molecule has 1 heterocycles. The van der Waals surface area contributed by atoms with Gasteiger partial charge < -0.3 is 9.73 Å². The molecule has 1 rings (SSSR count). The zero-order valence-electron chi connectivity index (χ0n) is 8.18. The van der Waals surface area contributed by atoms with E-state index in [9.17, 15) is 4.79 Å². The SMILES string of the molecule is Cc1cc(C(=O)NCCCCI)co1. The average molecular weight is 307 g/mol. The van der Waals surface area contributed by atoms with Crippen molar-refractivity contribution in [2.75, 3.05) is 11.0 Å². The Morgan fingerprint density at radius 2 is 2.36 bits per heavy atom. The lowest BCUT2D eigenvalue weighted by atomic mass is 10.3. The van der Waals surface area contributed by atoms with Crippen LogP contribution in [-0.2, 0) is 0 Å². The average Bonchev–Trinajstić information content (AvgIpc) is 2.59. The highest BCUT2D eigenvalue weighted by molar-refractivity contribution is 14.1. The van der Waals surface area contributed by atoms with Crippen LogP contribution in [0.2, 0.25) is 0 Å². The maximum Gasteiger partial charge on any atom is 0.254 e. The van der Waals surface area contributed by atoms with Gasteiger partial charge in [0.05, 0.1) is 5.56 Å². The van der Waals surface area contributed by atoms with Gasteiger partial charge in [0.25, 0.3) is 5.91 Å². The summed E-state index contributed by atoms with van der Waals surface area (Å²) in [6.07, 6.45) is 3.67. The molecule has 1 N–H and O–H groups in total. The van der Waals surface area contributed by atoms with Crippen molar-refractivity contribution in [1.82, 2.24) is 5.32 Å². The number of hydrogen-bond donors (Lipinski definition) is 1. The predicted octanol–water partition coefficient (Wildman–Crippen LogP) is 2.53. The van der Waals surface area contributed by atoms with Crippen LogP contribution < -0.4 is 5.32 Å². The third-order valence-corrected chi connectivity index (χ3v) is 2.60. The van der Waals surface area contributed by atoms with Crippen LogP contribution in [0.1, 0.15) is 29.0 Å². The van der Waals surface area contributed by atoms with Gasteiger partial charge in [-0.05, 0) is 30.3 Å². The molecule has 4 heteroatoms. The summed E-state index contributed by atoms with van der Waals surface area (Å²) >= 11 is 2.33. The number of hydrogen-bond acceptors (Lipinski definition) is 2. The van der Waals surface area contributed by atoms with E-state index in [0.717, 1.165) is 29.6 Å². The molecule has 78 valence electrons. The first-order valence-electron chi connectivity index (χ1n) is 4.63. The second-order valence-electron chi connectivity index (χ2n) is 3.10. The van der Waals surface area contributed by atoms with Crippen molar-refractivity contribution in [2.45, 2.75) is 19.8 Å². The monoisotopic (exact) mass is 307 g/mol. The second kappa shape index (κ2) is 6.06. The van der Waals surface area contributed by atoms with Gasteiger partial charge in [0, 0.05) is 6.54 Å². The zero-order chi connectivity index (χ0) is 10.4. The largest absolute Gasteiger partial charge is 0.469 e. The van der Waals surface area contributed by atoms with E-state index in [1.165, 1.54) is 6.26 Å². The number of furan rings is 1. The van der Waals surface area contributed by atoms with E-state index in [4.69, 9.17) is 4.42 Å². The fraction of sp³-hybridized carbons (Fsp3) is 0.500. The summed E-state index contributed by atoms with van der Waals surface area (Å²) in [6.45, 7) is 2.57. The Labute approximate surface area is 97.4 Å². The molecule has 1 aromatic heterocycles. The molecule has 0 fully saturated rings. The van der Waals surface area contributed by atoms with Crippen LogP contribution in [-0.4, -0.2) is 16.9 Å². The lowest BCUT2D eigenvalue weighted by Crippen LogP contribution is -2.23. The smallest absolute Gasteiger partial charge is 0.254 e. The van der Waals surface area contributed by atoms with Gasteiger partial charge in [0.2, 0.25) is 0 Å². The van der Waals surface area contributed by atoms with Crippen LogP contribution in [0.15, 0.2) is 16.7 Å². The molecule has 0 aliphatic carbocycles. The van der Waals surface area contributed by atoms with Gasteiger partial charge in [-0.15, -0.1) is 0 Å². The van der Waals surface area contributed by atoms with Crippen LogP contribution in [0.3, 0.4) is 0 Å². The summed E-state index contributed by atoms with van der Waals surface area (Å²) in [5, 5.41) is 2.84. The molecule has 0 bridgehead atoms.